The van der Waals surface area contributed by atoms with E-state index in [1.165, 1.54) is 18.2 Å². The lowest BCUT2D eigenvalue weighted by molar-refractivity contribution is 0.590. The predicted molar refractivity (Wildman–Crippen MR) is 100 cm³/mol. The van der Waals surface area contributed by atoms with Crippen LogP contribution in [0, 0.1) is 11.6 Å². The number of para-hydroxylation sites is 1. The smallest absolute Gasteiger partial charge is 0.227 e. The van der Waals surface area contributed by atoms with Crippen molar-refractivity contribution in [2.45, 2.75) is 0 Å². The maximum Gasteiger partial charge on any atom is 0.227 e. The Bertz CT molecular complexity index is 893. The summed E-state index contributed by atoms with van der Waals surface area (Å²) in [5.41, 5.74) is -0.220. The Labute approximate surface area is 155 Å². The molecule has 1 aliphatic heterocycles. The number of pyridine rings is 1. The maximum atomic E-state index is 13.8. The largest absolute Gasteiger partial charge is 0.353 e. The van der Waals surface area contributed by atoms with Crippen LogP contribution in [0.4, 0.5) is 32.1 Å². The van der Waals surface area contributed by atoms with E-state index in [0.717, 1.165) is 32.0 Å². The Balaban J connectivity index is 1.46. The second-order valence-electron chi connectivity index (χ2n) is 6.13. The van der Waals surface area contributed by atoms with Gasteiger partial charge >= 0.3 is 0 Å². The summed E-state index contributed by atoms with van der Waals surface area (Å²) in [7, 11) is 0. The van der Waals surface area contributed by atoms with Crippen LogP contribution < -0.4 is 15.1 Å². The van der Waals surface area contributed by atoms with Gasteiger partial charge in [-0.1, -0.05) is 12.1 Å². The Morgan fingerprint density at radius 3 is 2.22 bits per heavy atom. The lowest BCUT2D eigenvalue weighted by atomic mass is 10.3. The highest BCUT2D eigenvalue weighted by molar-refractivity contribution is 5.58. The molecule has 6 nitrogen and oxygen atoms in total. The van der Waals surface area contributed by atoms with Crippen LogP contribution in [-0.4, -0.2) is 41.1 Å². The average molecular weight is 368 g/mol. The van der Waals surface area contributed by atoms with Crippen LogP contribution in [0.25, 0.3) is 0 Å². The van der Waals surface area contributed by atoms with Gasteiger partial charge in [-0.15, -0.1) is 0 Å². The zero-order valence-electron chi connectivity index (χ0n) is 14.5. The Hall–Kier alpha value is -3.29. The first-order chi connectivity index (χ1) is 13.2. The molecule has 0 atom stereocenters. The zero-order chi connectivity index (χ0) is 18.6. The van der Waals surface area contributed by atoms with Gasteiger partial charge in [0.05, 0.1) is 0 Å². The molecule has 138 valence electrons. The molecular formula is C19H18F2N6. The molecule has 3 heterocycles. The summed E-state index contributed by atoms with van der Waals surface area (Å²) in [6.07, 6.45) is 3.36. The number of rotatable bonds is 4. The third-order valence-corrected chi connectivity index (χ3v) is 4.39. The standard InChI is InChI=1S/C19H18F2N6/c20-14-4-3-5-15(21)18(14)24-16-7-9-23-19(25-16)27-12-10-26(11-13-27)17-6-1-2-8-22-17/h1-9H,10-13H2,(H,23,24,25). The normalized spacial score (nSPS) is 14.3. The Morgan fingerprint density at radius 2 is 1.52 bits per heavy atom. The molecule has 0 bridgehead atoms. The first-order valence-electron chi connectivity index (χ1n) is 8.66. The summed E-state index contributed by atoms with van der Waals surface area (Å²) >= 11 is 0. The van der Waals surface area contributed by atoms with Crippen LogP contribution in [0.3, 0.4) is 0 Å². The van der Waals surface area contributed by atoms with Crippen molar-refractivity contribution in [3.63, 3.8) is 0 Å². The first kappa shape index (κ1) is 17.1. The van der Waals surface area contributed by atoms with E-state index >= 15 is 0 Å². The molecule has 8 heteroatoms. The van der Waals surface area contributed by atoms with E-state index < -0.39 is 11.6 Å². The number of aromatic nitrogens is 3. The minimum atomic E-state index is -0.667. The third kappa shape index (κ3) is 3.79. The third-order valence-electron chi connectivity index (χ3n) is 4.39. The van der Waals surface area contributed by atoms with Gasteiger partial charge in [-0.05, 0) is 30.3 Å². The van der Waals surface area contributed by atoms with Crippen LogP contribution in [-0.2, 0) is 0 Å². The van der Waals surface area contributed by atoms with E-state index in [-0.39, 0.29) is 5.69 Å². The molecule has 3 aromatic rings. The molecule has 0 amide bonds. The molecule has 27 heavy (non-hydrogen) atoms. The fourth-order valence-corrected chi connectivity index (χ4v) is 2.99. The fourth-order valence-electron chi connectivity index (χ4n) is 2.99. The first-order valence-corrected chi connectivity index (χ1v) is 8.66. The van der Waals surface area contributed by atoms with E-state index in [1.807, 2.05) is 23.1 Å². The van der Waals surface area contributed by atoms with Gasteiger partial charge in [0.25, 0.3) is 0 Å². The molecule has 0 spiro atoms. The van der Waals surface area contributed by atoms with Gasteiger partial charge in [-0.2, -0.15) is 4.98 Å². The monoisotopic (exact) mass is 368 g/mol. The number of nitrogens with zero attached hydrogens (tertiary/aromatic N) is 5. The molecule has 2 aromatic heterocycles. The molecule has 0 aliphatic carbocycles. The van der Waals surface area contributed by atoms with E-state index in [2.05, 4.69) is 25.2 Å². The van der Waals surface area contributed by atoms with Gasteiger partial charge in [0.1, 0.15) is 29.0 Å². The van der Waals surface area contributed by atoms with Crippen LogP contribution in [0.5, 0.6) is 0 Å². The molecule has 4 rings (SSSR count). The SMILES string of the molecule is Fc1cccc(F)c1Nc1ccnc(N2CCN(c3ccccn3)CC2)n1. The summed E-state index contributed by atoms with van der Waals surface area (Å²) in [6.45, 7) is 3.04. The predicted octanol–water partition coefficient (Wildman–Crippen LogP) is 3.22. The Kier molecular flexibility index (Phi) is 4.78. The van der Waals surface area contributed by atoms with E-state index in [9.17, 15) is 8.78 Å². The van der Waals surface area contributed by atoms with E-state index in [1.54, 1.807) is 18.5 Å². The van der Waals surface area contributed by atoms with Crippen molar-refractivity contribution in [3.8, 4) is 0 Å². The van der Waals surface area contributed by atoms with Gasteiger partial charge in [0.15, 0.2) is 0 Å². The number of anilines is 4. The maximum absolute atomic E-state index is 13.8. The van der Waals surface area contributed by atoms with Crippen LogP contribution in [0.2, 0.25) is 0 Å². The van der Waals surface area contributed by atoms with Crippen LogP contribution in [0.1, 0.15) is 0 Å². The second kappa shape index (κ2) is 7.53. The number of benzene rings is 1. The summed E-state index contributed by atoms with van der Waals surface area (Å²) in [5.74, 6) is 0.482. The van der Waals surface area contributed by atoms with Crippen molar-refractivity contribution in [3.05, 3.63) is 66.5 Å². The topological polar surface area (TPSA) is 57.2 Å². The summed E-state index contributed by atoms with van der Waals surface area (Å²) in [5, 5.41) is 2.71. The fraction of sp³-hybridized carbons (Fsp3) is 0.211. The quantitative estimate of drug-likeness (QED) is 0.763. The molecular weight excluding hydrogens is 350 g/mol. The second-order valence-corrected chi connectivity index (χ2v) is 6.13. The molecule has 0 unspecified atom stereocenters. The zero-order valence-corrected chi connectivity index (χ0v) is 14.5. The number of hydrogen-bond acceptors (Lipinski definition) is 6. The van der Waals surface area contributed by atoms with Gasteiger partial charge in [0, 0.05) is 38.6 Å². The summed E-state index contributed by atoms with van der Waals surface area (Å²) < 4.78 is 27.7. The van der Waals surface area contributed by atoms with Gasteiger partial charge in [-0.25, -0.2) is 18.7 Å². The van der Waals surface area contributed by atoms with Crippen LogP contribution >= 0.6 is 0 Å². The lowest BCUT2D eigenvalue weighted by Crippen LogP contribution is -2.47. The van der Waals surface area contributed by atoms with Gasteiger partial charge < -0.3 is 15.1 Å². The van der Waals surface area contributed by atoms with Crippen LogP contribution in [0.15, 0.2) is 54.9 Å². The van der Waals surface area contributed by atoms with Crippen molar-refractivity contribution in [2.24, 2.45) is 0 Å². The average Bonchev–Trinajstić information content (AvgIpc) is 2.72. The van der Waals surface area contributed by atoms with Crippen molar-refractivity contribution in [1.82, 2.24) is 15.0 Å². The molecule has 1 N–H and O–H groups in total. The highest BCUT2D eigenvalue weighted by Gasteiger charge is 2.20. The summed E-state index contributed by atoms with van der Waals surface area (Å²) in [4.78, 5) is 17.3. The molecule has 0 radical (unpaired) electrons. The van der Waals surface area contributed by atoms with E-state index in [0.29, 0.717) is 11.8 Å². The van der Waals surface area contributed by atoms with Gasteiger partial charge in [-0.3, -0.25) is 0 Å². The molecule has 1 fully saturated rings. The number of halogens is 2. The highest BCUT2D eigenvalue weighted by Crippen LogP contribution is 2.23. The minimum absolute atomic E-state index is 0.220. The van der Waals surface area contributed by atoms with Gasteiger partial charge in [0.2, 0.25) is 5.95 Å². The van der Waals surface area contributed by atoms with Crippen molar-refractivity contribution in [2.75, 3.05) is 41.3 Å². The molecule has 1 aromatic carbocycles. The number of nitrogens with one attached hydrogen (secondary N) is 1. The Morgan fingerprint density at radius 1 is 0.778 bits per heavy atom. The molecule has 1 saturated heterocycles. The van der Waals surface area contributed by atoms with E-state index in [4.69, 9.17) is 0 Å². The number of piperazine rings is 1. The van der Waals surface area contributed by atoms with Crippen molar-refractivity contribution < 1.29 is 8.78 Å². The summed E-state index contributed by atoms with van der Waals surface area (Å²) in [6, 6.07) is 11.1. The lowest BCUT2D eigenvalue weighted by Gasteiger charge is -2.35. The molecule has 0 saturated carbocycles. The highest BCUT2D eigenvalue weighted by atomic mass is 19.1. The van der Waals surface area contributed by atoms with Crippen molar-refractivity contribution in [1.29, 1.82) is 0 Å². The van der Waals surface area contributed by atoms with Crippen molar-refractivity contribution >= 4 is 23.3 Å². The number of hydrogen-bond donors (Lipinski definition) is 1. The minimum Gasteiger partial charge on any atom is -0.353 e. The molecule has 1 aliphatic rings.